The lowest BCUT2D eigenvalue weighted by Crippen LogP contribution is -2.00. The van der Waals surface area contributed by atoms with Gasteiger partial charge in [0, 0.05) is 12.4 Å². The van der Waals surface area contributed by atoms with E-state index >= 15 is 0 Å². The number of ether oxygens (including phenoxy) is 1. The maximum atomic E-state index is 7.24. The number of hydrogen-bond acceptors (Lipinski definition) is 5. The van der Waals surface area contributed by atoms with Crippen LogP contribution >= 0.6 is 0 Å². The van der Waals surface area contributed by atoms with Crippen molar-refractivity contribution in [1.82, 2.24) is 14.9 Å². The Balaban J connectivity index is 2.06. The predicted molar refractivity (Wildman–Crippen MR) is 66.3 cm³/mol. The number of hydrogen-bond donors (Lipinski definition) is 1. The summed E-state index contributed by atoms with van der Waals surface area (Å²) in [6, 6.07) is 5.13. The molecule has 0 saturated carbocycles. The molecule has 18 heavy (non-hydrogen) atoms. The van der Waals surface area contributed by atoms with Crippen molar-refractivity contribution in [2.45, 2.75) is 6.54 Å². The molecule has 0 amide bonds. The van der Waals surface area contributed by atoms with Crippen LogP contribution in [0.15, 0.2) is 35.1 Å². The van der Waals surface area contributed by atoms with Gasteiger partial charge in [-0.05, 0) is 23.8 Å². The Kier molecular flexibility index (Phi) is 1.75. The summed E-state index contributed by atoms with van der Waals surface area (Å²) in [4.78, 5) is 0. The lowest BCUT2D eigenvalue weighted by molar-refractivity contribution is 0.418. The van der Waals surface area contributed by atoms with Gasteiger partial charge in [-0.1, -0.05) is 5.16 Å². The second-order valence-electron chi connectivity index (χ2n) is 3.84. The summed E-state index contributed by atoms with van der Waals surface area (Å²) in [5.74, 6) is 0.211. The third kappa shape index (κ3) is 1.67. The summed E-state index contributed by atoms with van der Waals surface area (Å²) in [6.45, 7) is 0.445. The normalized spacial score (nSPS) is 14.1. The number of nitrogen functional groups attached to an aromatic ring is 1. The average molecular weight is 247 g/mol. The highest BCUT2D eigenvalue weighted by atomic mass is 16.5. The number of nitrogens with two attached hydrogens (primary N) is 1. The Morgan fingerprint density at radius 3 is 3.28 bits per heavy atom. The first-order valence-corrected chi connectivity index (χ1v) is 5.26. The summed E-state index contributed by atoms with van der Waals surface area (Å²) in [6.07, 6.45) is 3.45. The van der Waals surface area contributed by atoms with E-state index in [1.54, 1.807) is 35.3 Å². The number of benzene rings is 1. The van der Waals surface area contributed by atoms with E-state index in [0.29, 0.717) is 17.5 Å². The fourth-order valence-electron chi connectivity index (χ4n) is 1.87. The fourth-order valence-corrected chi connectivity index (χ4v) is 1.87. The van der Waals surface area contributed by atoms with Gasteiger partial charge in [-0.2, -0.15) is 5.10 Å². The first-order valence-electron chi connectivity index (χ1n) is 6.76. The fraction of sp³-hybridized carbons (Fsp3) is 0.167. The number of methoxy groups -OCH3 is 1. The van der Waals surface area contributed by atoms with Gasteiger partial charge >= 0.3 is 0 Å². The standard InChI is InChI=1S/C12H12N4O2/c1-17-9-5-8(7-16-4-2-3-14-16)6-10-11(9)12(13)15-18-10/h2-6H,7H2,1H3,(H2,13,15)/i1D3. The van der Waals surface area contributed by atoms with Gasteiger partial charge in [-0.15, -0.1) is 0 Å². The van der Waals surface area contributed by atoms with E-state index in [2.05, 4.69) is 10.3 Å². The van der Waals surface area contributed by atoms with Crippen LogP contribution in [0, 0.1) is 0 Å². The van der Waals surface area contributed by atoms with Crippen LogP contribution in [-0.2, 0) is 6.54 Å². The number of rotatable bonds is 3. The maximum absolute atomic E-state index is 7.24. The summed E-state index contributed by atoms with van der Waals surface area (Å²) in [5.41, 5.74) is 6.83. The Morgan fingerprint density at radius 1 is 1.56 bits per heavy atom. The molecule has 2 heterocycles. The lowest BCUT2D eigenvalue weighted by atomic mass is 10.1. The number of aromatic nitrogens is 3. The monoisotopic (exact) mass is 247 g/mol. The molecule has 0 bridgehead atoms. The smallest absolute Gasteiger partial charge is 0.178 e. The minimum Gasteiger partial charge on any atom is -0.496 e. The lowest BCUT2D eigenvalue weighted by Gasteiger charge is -2.06. The second-order valence-corrected chi connectivity index (χ2v) is 3.84. The molecule has 0 fully saturated rings. The van der Waals surface area contributed by atoms with Crippen molar-refractivity contribution in [1.29, 1.82) is 0 Å². The SMILES string of the molecule is [2H]C([2H])([2H])Oc1cc(Cn2cccn2)cc2onc(N)c12. The van der Waals surface area contributed by atoms with Gasteiger partial charge in [0.25, 0.3) is 0 Å². The minimum atomic E-state index is -2.58. The van der Waals surface area contributed by atoms with Gasteiger partial charge in [0.2, 0.25) is 0 Å². The highest BCUT2D eigenvalue weighted by Crippen LogP contribution is 2.32. The minimum absolute atomic E-state index is 0.0925. The van der Waals surface area contributed by atoms with Crippen LogP contribution in [0.5, 0.6) is 5.75 Å². The van der Waals surface area contributed by atoms with Crippen LogP contribution in [0.3, 0.4) is 0 Å². The highest BCUT2D eigenvalue weighted by Gasteiger charge is 2.13. The van der Waals surface area contributed by atoms with Crippen LogP contribution in [-0.4, -0.2) is 22.0 Å². The largest absolute Gasteiger partial charge is 0.496 e. The average Bonchev–Trinajstić information content (AvgIpc) is 2.98. The van der Waals surface area contributed by atoms with E-state index in [0.717, 1.165) is 5.56 Å². The zero-order valence-corrected chi connectivity index (χ0v) is 9.33. The van der Waals surface area contributed by atoms with Gasteiger partial charge in [0.1, 0.15) is 11.1 Å². The molecule has 6 heteroatoms. The van der Waals surface area contributed by atoms with Crippen molar-refractivity contribution in [3.63, 3.8) is 0 Å². The van der Waals surface area contributed by atoms with Crippen molar-refractivity contribution >= 4 is 16.8 Å². The number of fused-ring (bicyclic) bond motifs is 1. The van der Waals surface area contributed by atoms with E-state index in [-0.39, 0.29) is 11.6 Å². The molecule has 92 valence electrons. The molecule has 2 aromatic heterocycles. The van der Waals surface area contributed by atoms with E-state index in [4.69, 9.17) is 19.1 Å². The summed E-state index contributed by atoms with van der Waals surface area (Å²) in [5, 5.41) is 8.09. The van der Waals surface area contributed by atoms with E-state index < -0.39 is 7.04 Å². The van der Waals surface area contributed by atoms with Crippen LogP contribution in [0.2, 0.25) is 0 Å². The Hall–Kier alpha value is -2.50. The van der Waals surface area contributed by atoms with E-state index in [9.17, 15) is 0 Å². The molecule has 0 unspecified atom stereocenters. The molecule has 0 aliphatic rings. The van der Waals surface area contributed by atoms with Gasteiger partial charge in [-0.25, -0.2) is 0 Å². The zero-order chi connectivity index (χ0) is 15.0. The molecular formula is C12H12N4O2. The Labute approximate surface area is 107 Å². The molecule has 1 aromatic carbocycles. The Morgan fingerprint density at radius 2 is 2.50 bits per heavy atom. The third-order valence-electron chi connectivity index (χ3n) is 2.64. The van der Waals surface area contributed by atoms with Crippen molar-refractivity contribution in [2.24, 2.45) is 0 Å². The summed E-state index contributed by atoms with van der Waals surface area (Å²) in [7, 11) is -2.58. The first kappa shape index (κ1) is 7.75. The van der Waals surface area contributed by atoms with Crippen molar-refractivity contribution in [3.05, 3.63) is 36.2 Å². The molecule has 0 saturated heterocycles. The highest BCUT2D eigenvalue weighted by molar-refractivity contribution is 5.93. The zero-order valence-electron chi connectivity index (χ0n) is 12.3. The second kappa shape index (κ2) is 4.06. The Bertz CT molecular complexity index is 765. The summed E-state index contributed by atoms with van der Waals surface area (Å²) >= 11 is 0. The van der Waals surface area contributed by atoms with E-state index in [1.165, 1.54) is 0 Å². The van der Waals surface area contributed by atoms with Crippen molar-refractivity contribution in [2.75, 3.05) is 12.8 Å². The molecule has 0 aliphatic carbocycles. The molecule has 6 nitrogen and oxygen atoms in total. The molecule has 3 rings (SSSR count). The molecule has 0 radical (unpaired) electrons. The quantitative estimate of drug-likeness (QED) is 0.761. The maximum Gasteiger partial charge on any atom is 0.178 e. The number of nitrogens with zero attached hydrogens (tertiary/aromatic N) is 3. The molecule has 0 spiro atoms. The molecule has 0 aliphatic heterocycles. The van der Waals surface area contributed by atoms with Crippen LogP contribution in [0.4, 0.5) is 5.82 Å². The summed E-state index contributed by atoms with van der Waals surface area (Å²) < 4.78 is 33.5. The first-order chi connectivity index (χ1) is 9.92. The van der Waals surface area contributed by atoms with Gasteiger partial charge in [0.05, 0.1) is 17.7 Å². The van der Waals surface area contributed by atoms with Crippen LogP contribution < -0.4 is 10.5 Å². The van der Waals surface area contributed by atoms with E-state index in [1.807, 2.05) is 0 Å². The van der Waals surface area contributed by atoms with Gasteiger partial charge in [-0.3, -0.25) is 4.68 Å². The topological polar surface area (TPSA) is 79.1 Å². The molecule has 0 atom stereocenters. The number of anilines is 1. The molecular weight excluding hydrogens is 232 g/mol. The third-order valence-corrected chi connectivity index (χ3v) is 2.64. The van der Waals surface area contributed by atoms with Gasteiger partial charge < -0.3 is 15.0 Å². The predicted octanol–water partition coefficient (Wildman–Crippen LogP) is 1.66. The van der Waals surface area contributed by atoms with Crippen molar-refractivity contribution < 1.29 is 13.4 Å². The van der Waals surface area contributed by atoms with Crippen molar-refractivity contribution in [3.8, 4) is 5.75 Å². The molecule has 2 N–H and O–H groups in total. The van der Waals surface area contributed by atoms with Crippen LogP contribution in [0.1, 0.15) is 9.68 Å². The van der Waals surface area contributed by atoms with Crippen LogP contribution in [0.25, 0.3) is 11.0 Å². The van der Waals surface area contributed by atoms with Gasteiger partial charge in [0.15, 0.2) is 11.4 Å². The molecule has 3 aromatic rings.